The maximum Gasteiger partial charge on any atom is 0.224 e. The van der Waals surface area contributed by atoms with Gasteiger partial charge in [0, 0.05) is 28.6 Å². The lowest BCUT2D eigenvalue weighted by Gasteiger charge is -2.20. The van der Waals surface area contributed by atoms with Gasteiger partial charge in [-0.05, 0) is 35.9 Å². The lowest BCUT2D eigenvalue weighted by atomic mass is 9.86. The Hall–Kier alpha value is -2.39. The topological polar surface area (TPSA) is 96.0 Å². The Morgan fingerprint density at radius 3 is 2.36 bits per heavy atom. The first-order valence-corrected chi connectivity index (χ1v) is 8.15. The molecule has 1 atom stereocenters. The van der Waals surface area contributed by atoms with Crippen molar-refractivity contribution in [3.63, 3.8) is 0 Å². The van der Waals surface area contributed by atoms with Gasteiger partial charge in [0.15, 0.2) is 11.3 Å². The molecule has 0 saturated heterocycles. The van der Waals surface area contributed by atoms with E-state index in [0.29, 0.717) is 21.3 Å². The van der Waals surface area contributed by atoms with Crippen LogP contribution in [0.2, 0.25) is 10.0 Å². The predicted octanol–water partition coefficient (Wildman–Crippen LogP) is 3.66. The van der Waals surface area contributed by atoms with Gasteiger partial charge in [-0.1, -0.05) is 41.4 Å². The molecule has 0 aliphatic heterocycles. The highest BCUT2D eigenvalue weighted by Crippen LogP contribution is 2.23. The van der Waals surface area contributed by atoms with E-state index in [-0.39, 0.29) is 18.7 Å². The van der Waals surface area contributed by atoms with E-state index < -0.39 is 11.3 Å². The van der Waals surface area contributed by atoms with E-state index in [2.05, 4.69) is 5.32 Å². The van der Waals surface area contributed by atoms with Crippen molar-refractivity contribution in [3.8, 4) is 6.07 Å². The molecule has 0 bridgehead atoms. The number of anilines is 1. The average molecular weight is 376 g/mol. The number of ketones is 1. The normalized spacial score (nSPS) is 12.7. The molecule has 0 saturated carbocycles. The second-order valence-corrected chi connectivity index (χ2v) is 6.28. The Balaban J connectivity index is 2.01. The number of nitriles is 1. The molecule has 0 spiro atoms. The second kappa shape index (κ2) is 8.13. The molecule has 2 aromatic carbocycles. The summed E-state index contributed by atoms with van der Waals surface area (Å²) in [6.07, 6.45) is -0.265. The molecule has 0 aliphatic rings. The van der Waals surface area contributed by atoms with Crippen molar-refractivity contribution in [2.75, 3.05) is 5.32 Å². The van der Waals surface area contributed by atoms with Crippen LogP contribution in [0.1, 0.15) is 18.4 Å². The van der Waals surface area contributed by atoms with Gasteiger partial charge in [-0.15, -0.1) is 0 Å². The number of benzene rings is 2. The molecule has 0 heterocycles. The minimum Gasteiger partial charge on any atom is -0.326 e. The van der Waals surface area contributed by atoms with Gasteiger partial charge in [-0.2, -0.15) is 5.26 Å². The minimum absolute atomic E-state index is 0.0977. The van der Waals surface area contributed by atoms with Gasteiger partial charge in [0.2, 0.25) is 5.91 Å². The number of hydrogen-bond acceptors (Lipinski definition) is 4. The molecule has 0 radical (unpaired) electrons. The zero-order chi connectivity index (χ0) is 18.4. The van der Waals surface area contributed by atoms with Crippen LogP contribution in [0.5, 0.6) is 0 Å². The van der Waals surface area contributed by atoms with Gasteiger partial charge in [-0.25, -0.2) is 0 Å². The molecular weight excluding hydrogens is 361 g/mol. The fourth-order valence-corrected chi connectivity index (χ4v) is 2.53. The van der Waals surface area contributed by atoms with Crippen molar-refractivity contribution in [1.29, 1.82) is 5.26 Å². The molecule has 0 aliphatic carbocycles. The Morgan fingerprint density at radius 2 is 1.76 bits per heavy atom. The van der Waals surface area contributed by atoms with Crippen LogP contribution in [0.4, 0.5) is 5.69 Å². The Bertz CT molecular complexity index is 831. The summed E-state index contributed by atoms with van der Waals surface area (Å²) in [7, 11) is 0. The van der Waals surface area contributed by atoms with Crippen molar-refractivity contribution in [1.82, 2.24) is 0 Å². The quantitative estimate of drug-likeness (QED) is 0.804. The molecule has 2 rings (SSSR count). The smallest absolute Gasteiger partial charge is 0.224 e. The van der Waals surface area contributed by atoms with E-state index >= 15 is 0 Å². The molecule has 0 fully saturated rings. The van der Waals surface area contributed by atoms with Gasteiger partial charge in [-0.3, -0.25) is 9.59 Å². The van der Waals surface area contributed by atoms with Gasteiger partial charge in [0.25, 0.3) is 0 Å². The summed E-state index contributed by atoms with van der Waals surface area (Å²) in [6, 6.07) is 14.6. The average Bonchev–Trinajstić information content (AvgIpc) is 2.59. The summed E-state index contributed by atoms with van der Waals surface area (Å²) in [5.41, 5.74) is 5.01. The maximum absolute atomic E-state index is 12.4. The van der Waals surface area contributed by atoms with E-state index in [9.17, 15) is 14.9 Å². The summed E-state index contributed by atoms with van der Waals surface area (Å²) in [5.74, 6) is -0.912. The van der Waals surface area contributed by atoms with Crippen molar-refractivity contribution in [2.45, 2.75) is 18.4 Å². The molecule has 3 N–H and O–H groups in total. The molecule has 2 aromatic rings. The zero-order valence-corrected chi connectivity index (χ0v) is 14.6. The van der Waals surface area contributed by atoms with Gasteiger partial charge in [0.1, 0.15) is 0 Å². The standard InChI is InChI=1S/C18H15Cl2N3O2/c19-13-6-4-12(5-7-13)18(22,11-21)16(24)8-9-17(25)23-15-3-1-2-14(20)10-15/h1-7,10H,8-9,22H2,(H,23,25)/t18-/m0/s1. The summed E-state index contributed by atoms with van der Waals surface area (Å²) >= 11 is 11.7. The largest absolute Gasteiger partial charge is 0.326 e. The van der Waals surface area contributed by atoms with Crippen molar-refractivity contribution >= 4 is 40.6 Å². The molecule has 7 heteroatoms. The van der Waals surface area contributed by atoms with Crippen LogP contribution in [0.15, 0.2) is 48.5 Å². The first kappa shape index (κ1) is 18.9. The van der Waals surface area contributed by atoms with Crippen molar-refractivity contribution < 1.29 is 9.59 Å². The Labute approximate surface area is 155 Å². The number of carbonyl (C=O) groups is 2. The molecule has 1 amide bonds. The van der Waals surface area contributed by atoms with E-state index in [1.165, 1.54) is 12.1 Å². The van der Waals surface area contributed by atoms with Crippen LogP contribution >= 0.6 is 23.2 Å². The molecule has 0 aromatic heterocycles. The van der Waals surface area contributed by atoms with E-state index in [1.807, 2.05) is 6.07 Å². The monoisotopic (exact) mass is 375 g/mol. The van der Waals surface area contributed by atoms with E-state index in [4.69, 9.17) is 28.9 Å². The lowest BCUT2D eigenvalue weighted by Crippen LogP contribution is -2.43. The van der Waals surface area contributed by atoms with Crippen molar-refractivity contribution in [2.24, 2.45) is 5.73 Å². The van der Waals surface area contributed by atoms with Crippen LogP contribution in [0.25, 0.3) is 0 Å². The highest BCUT2D eigenvalue weighted by molar-refractivity contribution is 6.31. The van der Waals surface area contributed by atoms with Crippen LogP contribution in [-0.2, 0) is 15.1 Å². The van der Waals surface area contributed by atoms with E-state index in [0.717, 1.165) is 0 Å². The van der Waals surface area contributed by atoms with Crippen LogP contribution < -0.4 is 11.1 Å². The van der Waals surface area contributed by atoms with E-state index in [1.54, 1.807) is 36.4 Å². The number of carbonyl (C=O) groups excluding carboxylic acids is 2. The van der Waals surface area contributed by atoms with Gasteiger partial charge in [0.05, 0.1) is 6.07 Å². The molecule has 128 valence electrons. The number of amides is 1. The molecule has 5 nitrogen and oxygen atoms in total. The highest BCUT2D eigenvalue weighted by Gasteiger charge is 2.35. The summed E-state index contributed by atoms with van der Waals surface area (Å²) in [5, 5.41) is 13.0. The molecule has 25 heavy (non-hydrogen) atoms. The number of rotatable bonds is 6. The number of halogens is 2. The van der Waals surface area contributed by atoms with Crippen LogP contribution in [-0.4, -0.2) is 11.7 Å². The first-order valence-electron chi connectivity index (χ1n) is 7.40. The van der Waals surface area contributed by atoms with Crippen LogP contribution in [0, 0.1) is 11.3 Å². The van der Waals surface area contributed by atoms with Crippen molar-refractivity contribution in [3.05, 3.63) is 64.1 Å². The number of nitrogens with two attached hydrogens (primary N) is 1. The highest BCUT2D eigenvalue weighted by atomic mass is 35.5. The number of hydrogen-bond donors (Lipinski definition) is 2. The minimum atomic E-state index is -1.82. The SMILES string of the molecule is N#C[C@@](N)(C(=O)CCC(=O)Nc1cccc(Cl)c1)c1ccc(Cl)cc1. The summed E-state index contributed by atoms with van der Waals surface area (Å²) in [4.78, 5) is 24.4. The molecular formula is C18H15Cl2N3O2. The van der Waals surface area contributed by atoms with Gasteiger partial charge < -0.3 is 11.1 Å². The summed E-state index contributed by atoms with van der Waals surface area (Å²) < 4.78 is 0. The fraction of sp³-hybridized carbons (Fsp3) is 0.167. The van der Waals surface area contributed by atoms with Gasteiger partial charge >= 0.3 is 0 Å². The number of Topliss-reactive ketones (excluding diaryl/α,β-unsaturated/α-hetero) is 1. The second-order valence-electron chi connectivity index (χ2n) is 5.41. The van der Waals surface area contributed by atoms with Crippen LogP contribution in [0.3, 0.4) is 0 Å². The first-order chi connectivity index (χ1) is 11.8. The third kappa shape index (κ3) is 4.80. The third-order valence-corrected chi connectivity index (χ3v) is 4.09. The Morgan fingerprint density at radius 1 is 1.08 bits per heavy atom. The fourth-order valence-electron chi connectivity index (χ4n) is 2.21. The third-order valence-electron chi connectivity index (χ3n) is 3.60. The Kier molecular flexibility index (Phi) is 6.16. The number of nitrogens with zero attached hydrogens (tertiary/aromatic N) is 1. The summed E-state index contributed by atoms with van der Waals surface area (Å²) in [6.45, 7) is 0. The predicted molar refractivity (Wildman–Crippen MR) is 97.3 cm³/mol. The maximum atomic E-state index is 12.4. The molecule has 0 unspecified atom stereocenters. The zero-order valence-electron chi connectivity index (χ0n) is 13.1. The number of nitrogens with one attached hydrogen (secondary N) is 1. The lowest BCUT2D eigenvalue weighted by molar-refractivity contribution is -0.125.